The summed E-state index contributed by atoms with van der Waals surface area (Å²) in [6, 6.07) is 69.0. The van der Waals surface area contributed by atoms with E-state index in [9.17, 15) is 4.79 Å². The first-order valence-corrected chi connectivity index (χ1v) is 18.4. The van der Waals surface area contributed by atoms with E-state index in [1.807, 2.05) is 30.3 Å². The predicted octanol–water partition coefficient (Wildman–Crippen LogP) is 12.2. The molecule has 1 aliphatic rings. The van der Waals surface area contributed by atoms with Gasteiger partial charge in [-0.05, 0) is 102 Å². The Balaban J connectivity index is 1.10. The Labute approximate surface area is 318 Å². The topological polar surface area (TPSA) is 26.8 Å². The average Bonchev–Trinajstić information content (AvgIpc) is 3.23. The molecule has 0 amide bonds. The van der Waals surface area contributed by atoms with Crippen LogP contribution in [0.5, 0.6) is 0 Å². The molecule has 4 heteroatoms. The normalized spacial score (nSPS) is 14.6. The number of rotatable bonds is 10. The first-order valence-electron chi connectivity index (χ1n) is 18.4. The fraction of sp³-hybridized carbons (Fsp3) is 0.0600. The molecule has 1 saturated heterocycles. The minimum Gasteiger partial charge on any atom is -0.311 e. The van der Waals surface area contributed by atoms with Gasteiger partial charge in [-0.25, -0.2) is 0 Å². The molecule has 0 bridgehead atoms. The number of likely N-dealkylation sites (tertiary alicyclic amines) is 1. The summed E-state index contributed by atoms with van der Waals surface area (Å²) in [4.78, 5) is 21.1. The van der Waals surface area contributed by atoms with E-state index in [0.29, 0.717) is 13.1 Å². The first-order chi connectivity index (χ1) is 26.7. The molecule has 0 spiro atoms. The lowest BCUT2D eigenvalue weighted by atomic mass is 9.93. The fourth-order valence-electron chi connectivity index (χ4n) is 7.11. The second kappa shape index (κ2) is 16.3. The van der Waals surface area contributed by atoms with Crippen molar-refractivity contribution < 1.29 is 4.79 Å². The Bertz CT molecular complexity index is 2110. The van der Waals surface area contributed by atoms with Gasteiger partial charge in [0.05, 0.1) is 0 Å². The van der Waals surface area contributed by atoms with Crippen LogP contribution >= 0.6 is 0 Å². The number of piperidine rings is 1. The SMILES string of the molecule is O=C1/C(=C/c2ccc(N(c3ccccc3)c3ccccc3)cc2)CN(Cc2ccccc2)C/C1=C\c1ccc(N(c2ccccc2)c2ccccc2)cc1. The first kappa shape index (κ1) is 34.3. The lowest BCUT2D eigenvalue weighted by molar-refractivity contribution is -0.113. The van der Waals surface area contributed by atoms with E-state index in [4.69, 9.17) is 0 Å². The van der Waals surface area contributed by atoms with Gasteiger partial charge in [-0.3, -0.25) is 9.69 Å². The van der Waals surface area contributed by atoms with Crippen LogP contribution in [0, 0.1) is 0 Å². The average molecular weight is 700 g/mol. The van der Waals surface area contributed by atoms with Crippen molar-refractivity contribution in [1.29, 1.82) is 0 Å². The number of carbonyl (C=O) groups excluding carboxylic acids is 1. The number of anilines is 6. The van der Waals surface area contributed by atoms with Crippen molar-refractivity contribution in [1.82, 2.24) is 4.90 Å². The van der Waals surface area contributed by atoms with Crippen molar-refractivity contribution in [3.63, 3.8) is 0 Å². The highest BCUT2D eigenvalue weighted by Crippen LogP contribution is 2.36. The van der Waals surface area contributed by atoms with Gasteiger partial charge >= 0.3 is 0 Å². The number of para-hydroxylation sites is 4. The summed E-state index contributed by atoms with van der Waals surface area (Å²) < 4.78 is 0. The largest absolute Gasteiger partial charge is 0.311 e. The van der Waals surface area contributed by atoms with E-state index in [1.165, 1.54) is 5.56 Å². The highest BCUT2D eigenvalue weighted by Gasteiger charge is 2.26. The maximum atomic E-state index is 14.2. The zero-order chi connectivity index (χ0) is 36.5. The highest BCUT2D eigenvalue weighted by molar-refractivity contribution is 6.14. The van der Waals surface area contributed by atoms with Gasteiger partial charge in [0.15, 0.2) is 5.78 Å². The van der Waals surface area contributed by atoms with Crippen LogP contribution in [0.15, 0.2) is 211 Å². The Kier molecular flexibility index (Phi) is 10.4. The fourth-order valence-corrected chi connectivity index (χ4v) is 7.11. The molecule has 0 aromatic heterocycles. The van der Waals surface area contributed by atoms with Gasteiger partial charge < -0.3 is 9.80 Å². The van der Waals surface area contributed by atoms with E-state index in [2.05, 4.69) is 197 Å². The number of benzene rings is 7. The van der Waals surface area contributed by atoms with Gasteiger partial charge in [0.2, 0.25) is 0 Å². The Hall–Kier alpha value is -6.75. The van der Waals surface area contributed by atoms with Gasteiger partial charge in [0.1, 0.15) is 0 Å². The predicted molar refractivity (Wildman–Crippen MR) is 225 cm³/mol. The number of nitrogens with zero attached hydrogens (tertiary/aromatic N) is 3. The van der Waals surface area contributed by atoms with Gasteiger partial charge in [-0.2, -0.15) is 0 Å². The second-order valence-electron chi connectivity index (χ2n) is 13.5. The molecule has 0 atom stereocenters. The molecular formula is C50H41N3O. The minimum absolute atomic E-state index is 0.0952. The number of Topliss-reactive ketones (excluding diaryl/α,β-unsaturated/α-hetero) is 1. The third kappa shape index (κ3) is 8.00. The van der Waals surface area contributed by atoms with Gasteiger partial charge in [-0.1, -0.05) is 127 Å². The van der Waals surface area contributed by atoms with Crippen molar-refractivity contribution in [2.75, 3.05) is 22.9 Å². The lowest BCUT2D eigenvalue weighted by Crippen LogP contribution is -2.37. The Morgan fingerprint density at radius 2 is 0.685 bits per heavy atom. The highest BCUT2D eigenvalue weighted by atomic mass is 16.1. The molecular weight excluding hydrogens is 659 g/mol. The molecule has 0 saturated carbocycles. The second-order valence-corrected chi connectivity index (χ2v) is 13.5. The molecule has 0 N–H and O–H groups in total. The van der Waals surface area contributed by atoms with Gasteiger partial charge in [-0.15, -0.1) is 0 Å². The van der Waals surface area contributed by atoms with Crippen LogP contribution in [0.4, 0.5) is 34.1 Å². The van der Waals surface area contributed by atoms with Crippen LogP contribution in [0.25, 0.3) is 12.2 Å². The van der Waals surface area contributed by atoms with Crippen LogP contribution in [0.3, 0.4) is 0 Å². The summed E-state index contributed by atoms with van der Waals surface area (Å²) in [6.45, 7) is 1.91. The van der Waals surface area contributed by atoms with E-state index in [-0.39, 0.29) is 5.78 Å². The third-order valence-electron chi connectivity index (χ3n) is 9.66. The lowest BCUT2D eigenvalue weighted by Gasteiger charge is -2.30. The molecule has 0 unspecified atom stereocenters. The van der Waals surface area contributed by atoms with Crippen LogP contribution < -0.4 is 9.80 Å². The number of ketones is 1. The Morgan fingerprint density at radius 1 is 0.389 bits per heavy atom. The quantitative estimate of drug-likeness (QED) is 0.133. The summed E-state index contributed by atoms with van der Waals surface area (Å²) in [5.41, 5.74) is 11.2. The molecule has 0 aliphatic carbocycles. The molecule has 1 aliphatic heterocycles. The zero-order valence-corrected chi connectivity index (χ0v) is 30.1. The molecule has 262 valence electrons. The summed E-state index contributed by atoms with van der Waals surface area (Å²) in [6.07, 6.45) is 4.13. The van der Waals surface area contributed by atoms with E-state index in [0.717, 1.165) is 62.9 Å². The van der Waals surface area contributed by atoms with Crippen LogP contribution in [-0.4, -0.2) is 23.8 Å². The van der Waals surface area contributed by atoms with Crippen molar-refractivity contribution in [3.8, 4) is 0 Å². The minimum atomic E-state index is 0.0952. The molecule has 0 radical (unpaired) electrons. The molecule has 8 rings (SSSR count). The maximum Gasteiger partial charge on any atom is 0.187 e. The van der Waals surface area contributed by atoms with Crippen LogP contribution in [0.2, 0.25) is 0 Å². The van der Waals surface area contributed by atoms with Gasteiger partial charge in [0.25, 0.3) is 0 Å². The summed E-state index contributed by atoms with van der Waals surface area (Å²) in [5.74, 6) is 0.0952. The summed E-state index contributed by atoms with van der Waals surface area (Å²) >= 11 is 0. The van der Waals surface area contributed by atoms with Crippen molar-refractivity contribution >= 4 is 52.1 Å². The molecule has 7 aromatic carbocycles. The number of hydrogen-bond acceptors (Lipinski definition) is 4. The molecule has 54 heavy (non-hydrogen) atoms. The van der Waals surface area contributed by atoms with E-state index >= 15 is 0 Å². The van der Waals surface area contributed by atoms with Crippen molar-refractivity contribution in [2.24, 2.45) is 0 Å². The van der Waals surface area contributed by atoms with Crippen molar-refractivity contribution in [3.05, 3.63) is 228 Å². The zero-order valence-electron chi connectivity index (χ0n) is 30.1. The summed E-state index contributed by atoms with van der Waals surface area (Å²) in [5, 5.41) is 0. The van der Waals surface area contributed by atoms with Gasteiger partial charge in [0, 0.05) is 64.9 Å². The van der Waals surface area contributed by atoms with Crippen LogP contribution in [0.1, 0.15) is 16.7 Å². The standard InChI is InChI=1S/C50H41N3O/c54-50-42(34-39-26-30-48(31-27-39)52(44-18-8-2-9-19-44)45-20-10-3-11-21-45)37-51(36-41-16-6-1-7-17-41)38-43(50)35-40-28-32-49(33-29-40)53(46-22-12-4-13-23-46)47-24-14-5-15-25-47/h1-35H,36-38H2/b42-34+,43-35+. The maximum absolute atomic E-state index is 14.2. The molecule has 1 fully saturated rings. The number of carbonyl (C=O) groups is 1. The van der Waals surface area contributed by atoms with E-state index in [1.54, 1.807) is 0 Å². The molecule has 7 aromatic rings. The molecule has 1 heterocycles. The van der Waals surface area contributed by atoms with Crippen LogP contribution in [-0.2, 0) is 11.3 Å². The monoisotopic (exact) mass is 699 g/mol. The third-order valence-corrected chi connectivity index (χ3v) is 9.66. The smallest absolute Gasteiger partial charge is 0.187 e. The summed E-state index contributed by atoms with van der Waals surface area (Å²) in [7, 11) is 0. The number of hydrogen-bond donors (Lipinski definition) is 0. The van der Waals surface area contributed by atoms with E-state index < -0.39 is 0 Å². The van der Waals surface area contributed by atoms with Crippen molar-refractivity contribution in [2.45, 2.75) is 6.54 Å². The molecule has 4 nitrogen and oxygen atoms in total. The Morgan fingerprint density at radius 3 is 1.02 bits per heavy atom.